The van der Waals surface area contributed by atoms with E-state index in [0.29, 0.717) is 17.7 Å². The number of ether oxygens (including phenoxy) is 1. The zero-order valence-electron chi connectivity index (χ0n) is 15.0. The Kier molecular flexibility index (Phi) is 5.09. The van der Waals surface area contributed by atoms with Crippen molar-refractivity contribution in [3.63, 3.8) is 0 Å². The summed E-state index contributed by atoms with van der Waals surface area (Å²) in [4.78, 5) is 14.9. The quantitative estimate of drug-likeness (QED) is 0.809. The summed E-state index contributed by atoms with van der Waals surface area (Å²) in [6.07, 6.45) is 6.85. The predicted molar refractivity (Wildman–Crippen MR) is 98.0 cm³/mol. The van der Waals surface area contributed by atoms with Crippen LogP contribution in [0.15, 0.2) is 30.3 Å². The Morgan fingerprint density at radius 1 is 1.16 bits per heavy atom. The normalized spacial score (nSPS) is 34.0. The molecule has 1 heterocycles. The minimum Gasteiger partial charge on any atom is -0.376 e. The molecular formula is C21H30N2O2. The van der Waals surface area contributed by atoms with Gasteiger partial charge in [-0.3, -0.25) is 4.79 Å². The van der Waals surface area contributed by atoms with Crippen molar-refractivity contribution in [3.8, 4) is 0 Å². The van der Waals surface area contributed by atoms with Gasteiger partial charge < -0.3 is 15.4 Å². The first-order chi connectivity index (χ1) is 12.2. The molecule has 2 saturated carbocycles. The minimum absolute atomic E-state index is 0.0792. The number of aryl methyl sites for hydroxylation is 1. The van der Waals surface area contributed by atoms with Crippen LogP contribution < -0.4 is 5.73 Å². The lowest BCUT2D eigenvalue weighted by molar-refractivity contribution is -0.137. The number of nitrogens with zero attached hydrogens (tertiary/aromatic N) is 1. The summed E-state index contributed by atoms with van der Waals surface area (Å²) in [7, 11) is 0. The predicted octanol–water partition coefficient (Wildman–Crippen LogP) is 2.61. The van der Waals surface area contributed by atoms with Crippen molar-refractivity contribution >= 4 is 5.91 Å². The van der Waals surface area contributed by atoms with Gasteiger partial charge in [-0.25, -0.2) is 0 Å². The number of fused-ring (bicyclic) bond motifs is 2. The van der Waals surface area contributed by atoms with Gasteiger partial charge in [0.05, 0.1) is 12.0 Å². The van der Waals surface area contributed by atoms with Crippen molar-refractivity contribution < 1.29 is 9.53 Å². The van der Waals surface area contributed by atoms with Crippen LogP contribution in [0.2, 0.25) is 0 Å². The van der Waals surface area contributed by atoms with Gasteiger partial charge in [-0.2, -0.15) is 0 Å². The van der Waals surface area contributed by atoms with Gasteiger partial charge in [-0.1, -0.05) is 30.3 Å². The molecule has 1 saturated heterocycles. The van der Waals surface area contributed by atoms with Crippen LogP contribution in [0.25, 0.3) is 0 Å². The maximum Gasteiger partial charge on any atom is 0.227 e. The molecule has 0 radical (unpaired) electrons. The highest BCUT2D eigenvalue weighted by Crippen LogP contribution is 2.48. The van der Waals surface area contributed by atoms with Crippen molar-refractivity contribution in [3.05, 3.63) is 35.9 Å². The van der Waals surface area contributed by atoms with E-state index in [1.807, 2.05) is 11.0 Å². The highest BCUT2D eigenvalue weighted by molar-refractivity contribution is 5.81. The summed E-state index contributed by atoms with van der Waals surface area (Å²) in [6, 6.07) is 10.6. The second-order valence-electron chi connectivity index (χ2n) is 8.09. The zero-order chi connectivity index (χ0) is 17.2. The fourth-order valence-electron chi connectivity index (χ4n) is 5.15. The molecule has 2 aliphatic carbocycles. The standard InChI is InChI=1S/C21H30N2O2/c22-20-17-9-8-16(13-17)19(20)21(24)23-11-10-18(14-23)25-12-4-7-15-5-2-1-3-6-15/h1-3,5-6,16-20H,4,7-14,22H2. The summed E-state index contributed by atoms with van der Waals surface area (Å²) >= 11 is 0. The molecule has 0 aromatic heterocycles. The van der Waals surface area contributed by atoms with Crippen LogP contribution in [0.1, 0.15) is 37.7 Å². The van der Waals surface area contributed by atoms with E-state index in [1.54, 1.807) is 0 Å². The Balaban J connectivity index is 1.20. The molecule has 1 aromatic carbocycles. The number of likely N-dealkylation sites (tertiary alicyclic amines) is 1. The molecule has 5 atom stereocenters. The van der Waals surface area contributed by atoms with Crippen molar-refractivity contribution in [2.75, 3.05) is 19.7 Å². The maximum atomic E-state index is 12.9. The number of carbonyl (C=O) groups is 1. The monoisotopic (exact) mass is 342 g/mol. The van der Waals surface area contributed by atoms with Crippen molar-refractivity contribution in [2.24, 2.45) is 23.5 Å². The summed E-state index contributed by atoms with van der Waals surface area (Å²) < 4.78 is 6.03. The van der Waals surface area contributed by atoms with Crippen LogP contribution in [-0.2, 0) is 16.0 Å². The minimum atomic E-state index is 0.0792. The number of nitrogens with two attached hydrogens (primary N) is 1. The van der Waals surface area contributed by atoms with Crippen LogP contribution in [0.4, 0.5) is 0 Å². The maximum absolute atomic E-state index is 12.9. The van der Waals surface area contributed by atoms with Gasteiger partial charge >= 0.3 is 0 Å². The van der Waals surface area contributed by atoms with E-state index >= 15 is 0 Å². The number of benzene rings is 1. The average molecular weight is 342 g/mol. The highest BCUT2D eigenvalue weighted by Gasteiger charge is 2.50. The lowest BCUT2D eigenvalue weighted by Gasteiger charge is -2.30. The van der Waals surface area contributed by atoms with Gasteiger partial charge in [-0.15, -0.1) is 0 Å². The first-order valence-electron chi connectivity index (χ1n) is 9.92. The smallest absolute Gasteiger partial charge is 0.227 e. The molecular weight excluding hydrogens is 312 g/mol. The molecule has 2 N–H and O–H groups in total. The molecule has 1 amide bonds. The molecule has 4 heteroatoms. The number of amides is 1. The molecule has 3 aliphatic rings. The molecule has 1 aromatic rings. The van der Waals surface area contributed by atoms with E-state index in [4.69, 9.17) is 10.5 Å². The molecule has 5 unspecified atom stereocenters. The Hall–Kier alpha value is -1.39. The SMILES string of the molecule is NC1C2CCC(C2)C1C(=O)N1CCC(OCCCc2ccccc2)C1. The van der Waals surface area contributed by atoms with Crippen LogP contribution in [0.5, 0.6) is 0 Å². The number of carbonyl (C=O) groups excluding carboxylic acids is 1. The Labute approximate surface area is 150 Å². The number of hydrogen-bond donors (Lipinski definition) is 1. The van der Waals surface area contributed by atoms with Gasteiger partial charge in [-0.05, 0) is 55.9 Å². The Morgan fingerprint density at radius 3 is 2.72 bits per heavy atom. The molecule has 0 spiro atoms. The largest absolute Gasteiger partial charge is 0.376 e. The third-order valence-corrected chi connectivity index (χ3v) is 6.53. The van der Waals surface area contributed by atoms with E-state index in [1.165, 1.54) is 24.8 Å². The van der Waals surface area contributed by atoms with E-state index in [0.717, 1.165) is 39.0 Å². The van der Waals surface area contributed by atoms with E-state index in [2.05, 4.69) is 24.3 Å². The van der Waals surface area contributed by atoms with E-state index < -0.39 is 0 Å². The molecule has 3 fully saturated rings. The summed E-state index contributed by atoms with van der Waals surface area (Å²) in [5.74, 6) is 1.51. The van der Waals surface area contributed by atoms with Crippen molar-refractivity contribution in [1.29, 1.82) is 0 Å². The first-order valence-corrected chi connectivity index (χ1v) is 9.92. The molecule has 1 aliphatic heterocycles. The zero-order valence-corrected chi connectivity index (χ0v) is 15.0. The average Bonchev–Trinajstić information content (AvgIpc) is 3.35. The van der Waals surface area contributed by atoms with Gasteiger partial charge in [0.25, 0.3) is 0 Å². The van der Waals surface area contributed by atoms with Crippen molar-refractivity contribution in [2.45, 2.75) is 50.7 Å². The molecule has 25 heavy (non-hydrogen) atoms. The number of rotatable bonds is 6. The number of hydrogen-bond acceptors (Lipinski definition) is 3. The lowest BCUT2D eigenvalue weighted by Crippen LogP contribution is -2.46. The molecule has 4 nitrogen and oxygen atoms in total. The second kappa shape index (κ2) is 7.46. The van der Waals surface area contributed by atoms with Gasteiger partial charge in [0.15, 0.2) is 0 Å². The van der Waals surface area contributed by atoms with Gasteiger partial charge in [0.1, 0.15) is 0 Å². The lowest BCUT2D eigenvalue weighted by atomic mass is 9.84. The fourth-order valence-corrected chi connectivity index (χ4v) is 5.15. The third-order valence-electron chi connectivity index (χ3n) is 6.53. The van der Waals surface area contributed by atoms with Crippen LogP contribution in [0.3, 0.4) is 0 Å². The van der Waals surface area contributed by atoms with Gasteiger partial charge in [0.2, 0.25) is 5.91 Å². The summed E-state index contributed by atoms with van der Waals surface area (Å²) in [5.41, 5.74) is 7.70. The summed E-state index contributed by atoms with van der Waals surface area (Å²) in [5, 5.41) is 0. The van der Waals surface area contributed by atoms with Crippen molar-refractivity contribution in [1.82, 2.24) is 4.90 Å². The topological polar surface area (TPSA) is 55.6 Å². The molecule has 136 valence electrons. The van der Waals surface area contributed by atoms with Gasteiger partial charge in [0, 0.05) is 25.7 Å². The Morgan fingerprint density at radius 2 is 1.96 bits per heavy atom. The van der Waals surface area contributed by atoms with Crippen LogP contribution in [-0.4, -0.2) is 42.6 Å². The molecule has 2 bridgehead atoms. The highest BCUT2D eigenvalue weighted by atomic mass is 16.5. The van der Waals surface area contributed by atoms with Crippen LogP contribution in [0, 0.1) is 17.8 Å². The van der Waals surface area contributed by atoms with Crippen LogP contribution >= 0.6 is 0 Å². The second-order valence-corrected chi connectivity index (χ2v) is 8.09. The molecule has 4 rings (SSSR count). The van der Waals surface area contributed by atoms with E-state index in [-0.39, 0.29) is 18.1 Å². The summed E-state index contributed by atoms with van der Waals surface area (Å²) in [6.45, 7) is 2.36. The third kappa shape index (κ3) is 3.61. The fraction of sp³-hybridized carbons (Fsp3) is 0.667. The van der Waals surface area contributed by atoms with E-state index in [9.17, 15) is 4.79 Å². The first kappa shape index (κ1) is 17.0. The Bertz CT molecular complexity index is 589.